The SMILES string of the molecule is CCNC(c1ccc(Br)c(Cl)c1F)c1snnc1C. The van der Waals surface area contributed by atoms with E-state index in [0.29, 0.717) is 16.6 Å². The minimum Gasteiger partial charge on any atom is -0.306 e. The normalized spacial score (nSPS) is 12.7. The largest absolute Gasteiger partial charge is 0.306 e. The van der Waals surface area contributed by atoms with E-state index in [0.717, 1.165) is 10.6 Å². The summed E-state index contributed by atoms with van der Waals surface area (Å²) in [6.07, 6.45) is 0. The van der Waals surface area contributed by atoms with Crippen LogP contribution in [0.1, 0.15) is 29.1 Å². The predicted octanol–water partition coefficient (Wildman–Crippen LogP) is 4.10. The summed E-state index contributed by atoms with van der Waals surface area (Å²) < 4.78 is 18.8. The minimum atomic E-state index is -0.421. The third-order valence-corrected chi connectivity index (χ3v) is 4.88. The maximum Gasteiger partial charge on any atom is 0.148 e. The molecule has 0 bridgehead atoms. The zero-order valence-corrected chi connectivity index (χ0v) is 13.5. The summed E-state index contributed by atoms with van der Waals surface area (Å²) in [5.74, 6) is -0.421. The number of hydrogen-bond donors (Lipinski definition) is 1. The van der Waals surface area contributed by atoms with Crippen molar-refractivity contribution in [2.24, 2.45) is 0 Å². The molecule has 0 radical (unpaired) electrons. The maximum atomic E-state index is 14.3. The van der Waals surface area contributed by atoms with Crippen molar-refractivity contribution in [1.82, 2.24) is 14.9 Å². The Morgan fingerprint density at radius 2 is 2.26 bits per heavy atom. The quantitative estimate of drug-likeness (QED) is 0.830. The van der Waals surface area contributed by atoms with Gasteiger partial charge in [-0.25, -0.2) is 4.39 Å². The molecule has 19 heavy (non-hydrogen) atoms. The molecule has 0 aliphatic rings. The van der Waals surface area contributed by atoms with E-state index in [1.54, 1.807) is 12.1 Å². The Hall–Kier alpha value is -0.560. The second-order valence-electron chi connectivity index (χ2n) is 3.98. The molecule has 1 aromatic heterocycles. The van der Waals surface area contributed by atoms with Crippen LogP contribution in [0.15, 0.2) is 16.6 Å². The molecule has 2 rings (SSSR count). The van der Waals surface area contributed by atoms with Crippen molar-refractivity contribution in [1.29, 1.82) is 0 Å². The Balaban J connectivity index is 2.52. The first-order valence-electron chi connectivity index (χ1n) is 5.71. The third-order valence-electron chi connectivity index (χ3n) is 2.73. The summed E-state index contributed by atoms with van der Waals surface area (Å²) in [6.45, 7) is 4.53. The average molecular weight is 365 g/mol. The Morgan fingerprint density at radius 1 is 1.53 bits per heavy atom. The minimum absolute atomic E-state index is 0.0931. The summed E-state index contributed by atoms with van der Waals surface area (Å²) in [6, 6.07) is 3.18. The predicted molar refractivity (Wildman–Crippen MR) is 79.3 cm³/mol. The number of halogens is 3. The van der Waals surface area contributed by atoms with Crippen molar-refractivity contribution >= 4 is 39.1 Å². The monoisotopic (exact) mass is 363 g/mol. The van der Waals surface area contributed by atoms with Crippen LogP contribution in [-0.4, -0.2) is 16.1 Å². The zero-order chi connectivity index (χ0) is 14.0. The fraction of sp³-hybridized carbons (Fsp3) is 0.333. The van der Waals surface area contributed by atoms with E-state index in [-0.39, 0.29) is 11.1 Å². The van der Waals surface area contributed by atoms with Crippen LogP contribution in [-0.2, 0) is 0 Å². The van der Waals surface area contributed by atoms with Crippen LogP contribution in [0.25, 0.3) is 0 Å². The lowest BCUT2D eigenvalue weighted by atomic mass is 10.0. The molecule has 1 N–H and O–H groups in total. The molecule has 102 valence electrons. The number of hydrogen-bond acceptors (Lipinski definition) is 4. The highest BCUT2D eigenvalue weighted by atomic mass is 79.9. The molecule has 0 aliphatic carbocycles. The van der Waals surface area contributed by atoms with Crippen LogP contribution in [0.3, 0.4) is 0 Å². The summed E-state index contributed by atoms with van der Waals surface area (Å²) in [5.41, 5.74) is 1.30. The van der Waals surface area contributed by atoms with Gasteiger partial charge in [-0.15, -0.1) is 5.10 Å². The molecule has 0 aliphatic heterocycles. The Labute approximate surface area is 128 Å². The van der Waals surface area contributed by atoms with Crippen LogP contribution in [0.2, 0.25) is 5.02 Å². The first kappa shape index (κ1) is 14.8. The van der Waals surface area contributed by atoms with Gasteiger partial charge in [-0.1, -0.05) is 29.1 Å². The second kappa shape index (κ2) is 6.26. The lowest BCUT2D eigenvalue weighted by molar-refractivity contribution is 0.561. The van der Waals surface area contributed by atoms with Gasteiger partial charge < -0.3 is 5.32 Å². The van der Waals surface area contributed by atoms with E-state index in [1.165, 1.54) is 11.5 Å². The van der Waals surface area contributed by atoms with Gasteiger partial charge in [0.1, 0.15) is 5.82 Å². The van der Waals surface area contributed by atoms with Crippen molar-refractivity contribution in [3.05, 3.63) is 43.6 Å². The molecule has 1 aromatic carbocycles. The molecule has 3 nitrogen and oxygen atoms in total. The molecule has 2 aromatic rings. The van der Waals surface area contributed by atoms with E-state index in [1.807, 2.05) is 13.8 Å². The molecule has 7 heteroatoms. The fourth-order valence-corrected chi connectivity index (χ4v) is 3.03. The Morgan fingerprint density at radius 3 is 2.84 bits per heavy atom. The van der Waals surface area contributed by atoms with Crippen molar-refractivity contribution in [3.63, 3.8) is 0 Å². The first-order valence-corrected chi connectivity index (χ1v) is 7.66. The Bertz CT molecular complexity index is 590. The van der Waals surface area contributed by atoms with Gasteiger partial charge in [-0.3, -0.25) is 0 Å². The van der Waals surface area contributed by atoms with Crippen molar-refractivity contribution < 1.29 is 4.39 Å². The summed E-state index contributed by atoms with van der Waals surface area (Å²) in [7, 11) is 0. The van der Waals surface area contributed by atoms with Crippen molar-refractivity contribution in [2.45, 2.75) is 19.9 Å². The molecule has 1 atom stereocenters. The number of aromatic nitrogens is 2. The van der Waals surface area contributed by atoms with Gasteiger partial charge in [0.25, 0.3) is 0 Å². The van der Waals surface area contributed by atoms with E-state index < -0.39 is 5.82 Å². The highest BCUT2D eigenvalue weighted by molar-refractivity contribution is 9.10. The number of nitrogens with one attached hydrogen (secondary N) is 1. The van der Waals surface area contributed by atoms with Crippen molar-refractivity contribution in [3.8, 4) is 0 Å². The maximum absolute atomic E-state index is 14.3. The number of nitrogens with zero attached hydrogens (tertiary/aromatic N) is 2. The lowest BCUT2D eigenvalue weighted by Gasteiger charge is -2.18. The average Bonchev–Trinajstić information content (AvgIpc) is 2.80. The van der Waals surface area contributed by atoms with Crippen LogP contribution < -0.4 is 5.32 Å². The number of aryl methyl sites for hydroxylation is 1. The lowest BCUT2D eigenvalue weighted by Crippen LogP contribution is -2.23. The van der Waals surface area contributed by atoms with E-state index in [2.05, 4.69) is 30.8 Å². The number of benzene rings is 1. The highest BCUT2D eigenvalue weighted by Gasteiger charge is 2.23. The zero-order valence-electron chi connectivity index (χ0n) is 10.4. The summed E-state index contributed by atoms with van der Waals surface area (Å²) >= 11 is 10.4. The van der Waals surface area contributed by atoms with Crippen LogP contribution in [0, 0.1) is 12.7 Å². The van der Waals surface area contributed by atoms with E-state index in [9.17, 15) is 4.39 Å². The van der Waals surface area contributed by atoms with E-state index in [4.69, 9.17) is 11.6 Å². The smallest absolute Gasteiger partial charge is 0.148 e. The molecule has 0 saturated heterocycles. The molecule has 1 unspecified atom stereocenters. The van der Waals surface area contributed by atoms with Gasteiger partial charge in [-0.2, -0.15) is 0 Å². The fourth-order valence-electron chi connectivity index (χ4n) is 1.81. The number of rotatable bonds is 4. The molecule has 0 spiro atoms. The summed E-state index contributed by atoms with van der Waals surface area (Å²) in [4.78, 5) is 0.902. The Kier molecular flexibility index (Phi) is 4.89. The molecular weight excluding hydrogens is 353 g/mol. The highest BCUT2D eigenvalue weighted by Crippen LogP contribution is 2.34. The van der Waals surface area contributed by atoms with Gasteiger partial charge in [0, 0.05) is 10.0 Å². The van der Waals surface area contributed by atoms with Gasteiger partial charge in [0.2, 0.25) is 0 Å². The molecular formula is C12H12BrClFN3S. The standard InChI is InChI=1S/C12H12BrClFN3S/c1-3-16-11(12-6(2)17-18-19-12)7-4-5-8(13)9(14)10(7)15/h4-5,11,16H,3H2,1-2H3. The molecule has 0 fully saturated rings. The van der Waals surface area contributed by atoms with Gasteiger partial charge in [-0.05, 0) is 47.0 Å². The van der Waals surface area contributed by atoms with Gasteiger partial charge in [0.05, 0.1) is 21.6 Å². The topological polar surface area (TPSA) is 37.8 Å². The molecule has 1 heterocycles. The van der Waals surface area contributed by atoms with Crippen molar-refractivity contribution in [2.75, 3.05) is 6.54 Å². The van der Waals surface area contributed by atoms with Crippen LogP contribution >= 0.6 is 39.1 Å². The third kappa shape index (κ3) is 2.97. The molecule has 0 amide bonds. The van der Waals surface area contributed by atoms with Gasteiger partial charge >= 0.3 is 0 Å². The second-order valence-corrected chi connectivity index (χ2v) is 6.00. The van der Waals surface area contributed by atoms with Gasteiger partial charge in [0.15, 0.2) is 0 Å². The molecule has 0 saturated carbocycles. The van der Waals surface area contributed by atoms with Crippen LogP contribution in [0.4, 0.5) is 4.39 Å². The van der Waals surface area contributed by atoms with Crippen LogP contribution in [0.5, 0.6) is 0 Å². The van der Waals surface area contributed by atoms with E-state index >= 15 is 0 Å². The first-order chi connectivity index (χ1) is 9.06. The summed E-state index contributed by atoms with van der Waals surface area (Å²) in [5, 5.41) is 7.32.